The lowest BCUT2D eigenvalue weighted by molar-refractivity contribution is -0.140. The van der Waals surface area contributed by atoms with Crippen LogP contribution in [0.2, 0.25) is 0 Å². The highest BCUT2D eigenvalue weighted by Crippen LogP contribution is 2.32. The Morgan fingerprint density at radius 3 is 2.45 bits per heavy atom. The van der Waals surface area contributed by atoms with Crippen molar-refractivity contribution in [3.63, 3.8) is 0 Å². The van der Waals surface area contributed by atoms with Crippen LogP contribution in [0, 0.1) is 5.92 Å². The molecule has 2 atom stereocenters. The van der Waals surface area contributed by atoms with E-state index in [0.717, 1.165) is 17.1 Å². The lowest BCUT2D eigenvalue weighted by Gasteiger charge is -2.25. The second-order valence-corrected chi connectivity index (χ2v) is 5.35. The number of carbonyl (C=O) groups is 1. The van der Waals surface area contributed by atoms with Gasteiger partial charge in [-0.15, -0.1) is 0 Å². The first-order chi connectivity index (χ1) is 9.49. The number of aliphatic carboxylic acids is 1. The van der Waals surface area contributed by atoms with E-state index in [4.69, 9.17) is 9.47 Å². The molecule has 1 heterocycles. The monoisotopic (exact) mass is 279 g/mol. The molecule has 20 heavy (non-hydrogen) atoms. The van der Waals surface area contributed by atoms with Gasteiger partial charge in [0, 0.05) is 6.04 Å². The van der Waals surface area contributed by atoms with Gasteiger partial charge in [0.15, 0.2) is 11.5 Å². The van der Waals surface area contributed by atoms with Crippen LogP contribution >= 0.6 is 0 Å². The van der Waals surface area contributed by atoms with E-state index in [1.165, 1.54) is 0 Å². The van der Waals surface area contributed by atoms with E-state index in [1.807, 2.05) is 39.0 Å². The van der Waals surface area contributed by atoms with E-state index < -0.39 is 12.0 Å². The zero-order valence-electron chi connectivity index (χ0n) is 12.1. The second-order valence-electron chi connectivity index (χ2n) is 5.35. The SMILES string of the molecule is CC(NC(C(=O)O)C(C)C)c1ccc2c(c1)OCCO2. The third-order valence-corrected chi connectivity index (χ3v) is 3.43. The average Bonchev–Trinajstić information content (AvgIpc) is 2.43. The van der Waals surface area contributed by atoms with Gasteiger partial charge in [0.1, 0.15) is 19.3 Å². The number of fused-ring (bicyclic) bond motifs is 1. The maximum Gasteiger partial charge on any atom is 0.320 e. The van der Waals surface area contributed by atoms with E-state index in [0.29, 0.717) is 13.2 Å². The van der Waals surface area contributed by atoms with E-state index in [9.17, 15) is 9.90 Å². The first-order valence-electron chi connectivity index (χ1n) is 6.87. The molecule has 0 amide bonds. The van der Waals surface area contributed by atoms with E-state index in [2.05, 4.69) is 5.32 Å². The maximum absolute atomic E-state index is 11.2. The number of carboxylic acid groups (broad SMARTS) is 1. The van der Waals surface area contributed by atoms with Gasteiger partial charge in [-0.05, 0) is 30.5 Å². The molecule has 2 rings (SSSR count). The van der Waals surface area contributed by atoms with Crippen molar-refractivity contribution in [1.29, 1.82) is 0 Å². The molecule has 0 bridgehead atoms. The Morgan fingerprint density at radius 1 is 1.20 bits per heavy atom. The Labute approximate surface area is 118 Å². The average molecular weight is 279 g/mol. The minimum atomic E-state index is -0.829. The summed E-state index contributed by atoms with van der Waals surface area (Å²) in [6.45, 7) is 6.84. The van der Waals surface area contributed by atoms with Crippen molar-refractivity contribution >= 4 is 5.97 Å². The van der Waals surface area contributed by atoms with Crippen LogP contribution in [-0.4, -0.2) is 30.3 Å². The third-order valence-electron chi connectivity index (χ3n) is 3.43. The molecule has 0 aliphatic carbocycles. The number of ether oxygens (including phenoxy) is 2. The van der Waals surface area contributed by atoms with Crippen LogP contribution in [-0.2, 0) is 4.79 Å². The van der Waals surface area contributed by atoms with Gasteiger partial charge in [0.25, 0.3) is 0 Å². The van der Waals surface area contributed by atoms with Crippen molar-refractivity contribution in [3.8, 4) is 11.5 Å². The van der Waals surface area contributed by atoms with Crippen molar-refractivity contribution in [3.05, 3.63) is 23.8 Å². The van der Waals surface area contributed by atoms with Crippen molar-refractivity contribution < 1.29 is 19.4 Å². The van der Waals surface area contributed by atoms with Crippen LogP contribution in [0.3, 0.4) is 0 Å². The van der Waals surface area contributed by atoms with Crippen LogP contribution < -0.4 is 14.8 Å². The Morgan fingerprint density at radius 2 is 1.85 bits per heavy atom. The van der Waals surface area contributed by atoms with Gasteiger partial charge in [-0.2, -0.15) is 0 Å². The molecule has 0 saturated heterocycles. The molecular formula is C15H21NO4. The molecule has 0 saturated carbocycles. The Bertz CT molecular complexity index is 487. The Kier molecular flexibility index (Phi) is 4.49. The van der Waals surface area contributed by atoms with E-state index in [-0.39, 0.29) is 12.0 Å². The van der Waals surface area contributed by atoms with E-state index >= 15 is 0 Å². The fraction of sp³-hybridized carbons (Fsp3) is 0.533. The fourth-order valence-corrected chi connectivity index (χ4v) is 2.24. The summed E-state index contributed by atoms with van der Waals surface area (Å²) in [6, 6.07) is 5.07. The number of benzene rings is 1. The Hall–Kier alpha value is -1.75. The molecule has 5 heteroatoms. The predicted molar refractivity (Wildman–Crippen MR) is 75.2 cm³/mol. The highest BCUT2D eigenvalue weighted by molar-refractivity contribution is 5.73. The number of nitrogens with one attached hydrogen (secondary N) is 1. The number of hydrogen-bond acceptors (Lipinski definition) is 4. The summed E-state index contributed by atoms with van der Waals surface area (Å²) >= 11 is 0. The van der Waals surface area contributed by atoms with Crippen LogP contribution in [0.15, 0.2) is 18.2 Å². The highest BCUT2D eigenvalue weighted by Gasteiger charge is 2.24. The molecule has 0 aromatic heterocycles. The van der Waals surface area contributed by atoms with Gasteiger partial charge in [0.2, 0.25) is 0 Å². The summed E-state index contributed by atoms with van der Waals surface area (Å²) in [5.74, 6) is 0.654. The normalized spacial score (nSPS) is 16.8. The van der Waals surface area contributed by atoms with Gasteiger partial charge in [-0.1, -0.05) is 19.9 Å². The largest absolute Gasteiger partial charge is 0.486 e. The molecule has 2 unspecified atom stereocenters. The quantitative estimate of drug-likeness (QED) is 0.865. The molecule has 1 aliphatic rings. The van der Waals surface area contributed by atoms with Gasteiger partial charge < -0.3 is 14.6 Å². The summed E-state index contributed by atoms with van der Waals surface area (Å²) in [4.78, 5) is 11.2. The minimum Gasteiger partial charge on any atom is -0.486 e. The highest BCUT2D eigenvalue weighted by atomic mass is 16.6. The maximum atomic E-state index is 11.2. The van der Waals surface area contributed by atoms with Crippen molar-refractivity contribution in [1.82, 2.24) is 5.32 Å². The van der Waals surface area contributed by atoms with Gasteiger partial charge in [-0.25, -0.2) is 0 Å². The third kappa shape index (κ3) is 3.22. The minimum absolute atomic E-state index is 0.0205. The molecule has 2 N–H and O–H groups in total. The topological polar surface area (TPSA) is 67.8 Å². The molecule has 0 radical (unpaired) electrons. The summed E-state index contributed by atoms with van der Waals surface area (Å²) in [7, 11) is 0. The standard InChI is InChI=1S/C15H21NO4/c1-9(2)14(15(17)18)16-10(3)11-4-5-12-13(8-11)20-7-6-19-12/h4-5,8-10,14,16H,6-7H2,1-3H3,(H,17,18). The number of rotatable bonds is 5. The molecule has 110 valence electrons. The Balaban J connectivity index is 2.12. The lowest BCUT2D eigenvalue weighted by atomic mass is 10.0. The molecule has 1 aromatic carbocycles. The van der Waals surface area contributed by atoms with Gasteiger partial charge >= 0.3 is 5.97 Å². The number of carboxylic acids is 1. The van der Waals surface area contributed by atoms with Gasteiger partial charge in [-0.3, -0.25) is 10.1 Å². The summed E-state index contributed by atoms with van der Waals surface area (Å²) in [5, 5.41) is 12.4. The van der Waals surface area contributed by atoms with Crippen LogP contribution in [0.5, 0.6) is 11.5 Å². The summed E-state index contributed by atoms with van der Waals surface area (Å²) in [5.41, 5.74) is 0.987. The van der Waals surface area contributed by atoms with Crippen LogP contribution in [0.25, 0.3) is 0 Å². The van der Waals surface area contributed by atoms with Crippen molar-refractivity contribution in [2.45, 2.75) is 32.9 Å². The lowest BCUT2D eigenvalue weighted by Crippen LogP contribution is -2.42. The zero-order valence-corrected chi connectivity index (χ0v) is 12.1. The van der Waals surface area contributed by atoms with Crippen LogP contribution in [0.1, 0.15) is 32.4 Å². The second kappa shape index (κ2) is 6.13. The number of hydrogen-bond donors (Lipinski definition) is 2. The zero-order chi connectivity index (χ0) is 14.7. The first-order valence-corrected chi connectivity index (χ1v) is 6.87. The van der Waals surface area contributed by atoms with Gasteiger partial charge in [0.05, 0.1) is 0 Å². The molecule has 0 fully saturated rings. The fourth-order valence-electron chi connectivity index (χ4n) is 2.24. The first kappa shape index (κ1) is 14.7. The summed E-state index contributed by atoms with van der Waals surface area (Å²) < 4.78 is 11.0. The smallest absolute Gasteiger partial charge is 0.320 e. The molecule has 1 aliphatic heterocycles. The summed E-state index contributed by atoms with van der Waals surface area (Å²) in [6.07, 6.45) is 0. The molecule has 5 nitrogen and oxygen atoms in total. The predicted octanol–water partition coefficient (Wildman–Crippen LogP) is 2.22. The van der Waals surface area contributed by atoms with Crippen molar-refractivity contribution in [2.24, 2.45) is 5.92 Å². The van der Waals surface area contributed by atoms with Crippen LogP contribution in [0.4, 0.5) is 0 Å². The molecule has 0 spiro atoms. The van der Waals surface area contributed by atoms with Crippen molar-refractivity contribution in [2.75, 3.05) is 13.2 Å². The molecule has 1 aromatic rings. The van der Waals surface area contributed by atoms with E-state index in [1.54, 1.807) is 0 Å². The molecular weight excluding hydrogens is 258 g/mol.